The molecule has 10 heteroatoms. The first-order chi connectivity index (χ1) is 13.7. The third-order valence-corrected chi connectivity index (χ3v) is 4.30. The lowest BCUT2D eigenvalue weighted by Gasteiger charge is -2.20. The van der Waals surface area contributed by atoms with Gasteiger partial charge in [-0.05, 0) is 18.6 Å². The first-order valence-electron chi connectivity index (χ1n) is 8.74. The molecule has 0 spiro atoms. The van der Waals surface area contributed by atoms with Crippen molar-refractivity contribution in [1.82, 2.24) is 30.0 Å². The van der Waals surface area contributed by atoms with Crippen LogP contribution in [0, 0.1) is 0 Å². The molecule has 4 rings (SSSR count). The number of urea groups is 1. The Balaban J connectivity index is 1.38. The Hall–Kier alpha value is -3.53. The first-order valence-corrected chi connectivity index (χ1v) is 8.74. The van der Waals surface area contributed by atoms with Gasteiger partial charge in [0, 0.05) is 36.8 Å². The van der Waals surface area contributed by atoms with Gasteiger partial charge in [-0.25, -0.2) is 24.4 Å². The van der Waals surface area contributed by atoms with Gasteiger partial charge in [-0.1, -0.05) is 0 Å². The third-order valence-electron chi connectivity index (χ3n) is 4.30. The van der Waals surface area contributed by atoms with E-state index in [2.05, 4.69) is 30.7 Å². The quantitative estimate of drug-likeness (QED) is 0.691. The molecule has 1 aliphatic heterocycles. The average molecular weight is 381 g/mol. The van der Waals surface area contributed by atoms with Crippen LogP contribution in [0.25, 0.3) is 5.95 Å². The number of nitrogens with one attached hydrogen (secondary N) is 2. The fourth-order valence-electron chi connectivity index (χ4n) is 2.99. The standard InChI is InChI=1S/C18H19N7O3/c1-27-15-4-3-12(9-21-15)16-14(5-8-28-16)24-18(26)23-13-10-22-25(11-13)17-19-6-2-7-20-17/h2-4,6-7,9-11,14,16H,5,8H2,1H3,(H2,23,24,26)/t14-,16+/m1/s1. The smallest absolute Gasteiger partial charge is 0.319 e. The molecular formula is C18H19N7O3. The molecule has 2 amide bonds. The molecule has 144 valence electrons. The van der Waals surface area contributed by atoms with Crippen molar-refractivity contribution < 1.29 is 14.3 Å². The van der Waals surface area contributed by atoms with E-state index >= 15 is 0 Å². The van der Waals surface area contributed by atoms with Gasteiger partial charge in [0.25, 0.3) is 0 Å². The molecule has 1 saturated heterocycles. The minimum atomic E-state index is -0.337. The minimum Gasteiger partial charge on any atom is -0.481 e. The maximum absolute atomic E-state index is 12.4. The average Bonchev–Trinajstić information content (AvgIpc) is 3.38. The second-order valence-corrected chi connectivity index (χ2v) is 6.14. The Morgan fingerprint density at radius 3 is 2.86 bits per heavy atom. The summed E-state index contributed by atoms with van der Waals surface area (Å²) < 4.78 is 12.3. The molecule has 1 aliphatic rings. The number of carbonyl (C=O) groups excluding carboxylic acids is 1. The lowest BCUT2D eigenvalue weighted by atomic mass is 10.0. The van der Waals surface area contributed by atoms with E-state index in [1.807, 2.05) is 6.07 Å². The van der Waals surface area contributed by atoms with E-state index in [-0.39, 0.29) is 18.2 Å². The predicted octanol–water partition coefficient (Wildman–Crippen LogP) is 1.72. The van der Waals surface area contributed by atoms with Crippen LogP contribution >= 0.6 is 0 Å². The van der Waals surface area contributed by atoms with Gasteiger partial charge in [0.2, 0.25) is 11.8 Å². The molecule has 4 heterocycles. The van der Waals surface area contributed by atoms with Crippen LogP contribution in [0.15, 0.2) is 49.2 Å². The number of hydrogen-bond donors (Lipinski definition) is 2. The van der Waals surface area contributed by atoms with Crippen LogP contribution in [0.2, 0.25) is 0 Å². The summed E-state index contributed by atoms with van der Waals surface area (Å²) in [6.07, 6.45) is 8.57. The number of carbonyl (C=O) groups is 1. The summed E-state index contributed by atoms with van der Waals surface area (Å²) in [6, 6.07) is 4.88. The van der Waals surface area contributed by atoms with Crippen molar-refractivity contribution in [3.05, 3.63) is 54.7 Å². The van der Waals surface area contributed by atoms with Gasteiger partial charge in [-0.2, -0.15) is 5.10 Å². The molecule has 28 heavy (non-hydrogen) atoms. The molecule has 0 unspecified atom stereocenters. The SMILES string of the molecule is COc1ccc([C@@H]2OCC[C@H]2NC(=O)Nc2cnn(-c3ncccn3)c2)cn1. The van der Waals surface area contributed by atoms with E-state index < -0.39 is 0 Å². The van der Waals surface area contributed by atoms with Crippen molar-refractivity contribution in [3.63, 3.8) is 0 Å². The Labute approximate surface area is 160 Å². The van der Waals surface area contributed by atoms with E-state index in [9.17, 15) is 4.79 Å². The summed E-state index contributed by atoms with van der Waals surface area (Å²) in [6.45, 7) is 0.560. The van der Waals surface area contributed by atoms with Crippen LogP contribution in [-0.2, 0) is 4.74 Å². The Morgan fingerprint density at radius 2 is 2.11 bits per heavy atom. The molecule has 0 saturated carbocycles. The van der Waals surface area contributed by atoms with Gasteiger partial charge in [-0.15, -0.1) is 0 Å². The third kappa shape index (κ3) is 3.91. The van der Waals surface area contributed by atoms with E-state index in [0.717, 1.165) is 5.56 Å². The second kappa shape index (κ2) is 8.01. The molecule has 2 atom stereocenters. The van der Waals surface area contributed by atoms with Crippen molar-refractivity contribution in [2.75, 3.05) is 19.0 Å². The van der Waals surface area contributed by atoms with Gasteiger partial charge in [-0.3, -0.25) is 0 Å². The van der Waals surface area contributed by atoms with Gasteiger partial charge < -0.3 is 20.1 Å². The number of ether oxygens (including phenoxy) is 2. The summed E-state index contributed by atoms with van der Waals surface area (Å²) >= 11 is 0. The lowest BCUT2D eigenvalue weighted by Crippen LogP contribution is -2.39. The number of nitrogens with zero attached hydrogens (tertiary/aromatic N) is 5. The Bertz CT molecular complexity index is 930. The van der Waals surface area contributed by atoms with Crippen LogP contribution in [0.3, 0.4) is 0 Å². The molecule has 0 radical (unpaired) electrons. The van der Waals surface area contributed by atoms with Crippen LogP contribution in [0.5, 0.6) is 5.88 Å². The van der Waals surface area contributed by atoms with Crippen molar-refractivity contribution in [2.24, 2.45) is 0 Å². The Morgan fingerprint density at radius 1 is 1.25 bits per heavy atom. The maximum Gasteiger partial charge on any atom is 0.319 e. The van der Waals surface area contributed by atoms with Crippen molar-refractivity contribution >= 4 is 11.7 Å². The van der Waals surface area contributed by atoms with Crippen LogP contribution in [0.4, 0.5) is 10.5 Å². The number of pyridine rings is 1. The predicted molar refractivity (Wildman–Crippen MR) is 99.2 cm³/mol. The number of methoxy groups -OCH3 is 1. The highest BCUT2D eigenvalue weighted by molar-refractivity contribution is 5.89. The second-order valence-electron chi connectivity index (χ2n) is 6.14. The topological polar surface area (TPSA) is 116 Å². The monoisotopic (exact) mass is 381 g/mol. The molecule has 1 fully saturated rings. The van der Waals surface area contributed by atoms with Gasteiger partial charge >= 0.3 is 6.03 Å². The highest BCUT2D eigenvalue weighted by atomic mass is 16.5. The number of anilines is 1. The van der Waals surface area contributed by atoms with Crippen LogP contribution in [0.1, 0.15) is 18.1 Å². The maximum atomic E-state index is 12.4. The molecule has 0 aliphatic carbocycles. The molecular weight excluding hydrogens is 362 g/mol. The molecule has 10 nitrogen and oxygen atoms in total. The van der Waals surface area contributed by atoms with Crippen molar-refractivity contribution in [1.29, 1.82) is 0 Å². The zero-order valence-electron chi connectivity index (χ0n) is 15.1. The Kier molecular flexibility index (Phi) is 5.11. The molecule has 2 N–H and O–H groups in total. The summed E-state index contributed by atoms with van der Waals surface area (Å²) in [4.78, 5) is 24.8. The van der Waals surface area contributed by atoms with E-state index in [1.165, 1.54) is 10.9 Å². The fourth-order valence-corrected chi connectivity index (χ4v) is 2.99. The zero-order valence-corrected chi connectivity index (χ0v) is 15.1. The van der Waals surface area contributed by atoms with E-state index in [1.54, 1.807) is 44.0 Å². The summed E-state index contributed by atoms with van der Waals surface area (Å²) in [5.74, 6) is 0.954. The normalized spacial score (nSPS) is 18.6. The number of aromatic nitrogens is 5. The highest BCUT2D eigenvalue weighted by Gasteiger charge is 2.31. The van der Waals surface area contributed by atoms with E-state index in [0.29, 0.717) is 30.5 Å². The van der Waals surface area contributed by atoms with Crippen LogP contribution in [-0.4, -0.2) is 50.5 Å². The fraction of sp³-hybridized carbons (Fsp3) is 0.278. The molecule has 0 aromatic carbocycles. The van der Waals surface area contributed by atoms with Gasteiger partial charge in [0.15, 0.2) is 0 Å². The largest absolute Gasteiger partial charge is 0.481 e. The molecule has 0 bridgehead atoms. The van der Waals surface area contributed by atoms with Gasteiger partial charge in [0.1, 0.15) is 6.10 Å². The zero-order chi connectivity index (χ0) is 19.3. The minimum absolute atomic E-state index is 0.164. The van der Waals surface area contributed by atoms with E-state index in [4.69, 9.17) is 9.47 Å². The van der Waals surface area contributed by atoms with Crippen LogP contribution < -0.4 is 15.4 Å². The number of hydrogen-bond acceptors (Lipinski definition) is 7. The highest BCUT2D eigenvalue weighted by Crippen LogP contribution is 2.29. The summed E-state index contributed by atoms with van der Waals surface area (Å²) in [7, 11) is 1.56. The molecule has 3 aromatic rings. The lowest BCUT2D eigenvalue weighted by molar-refractivity contribution is 0.100. The summed E-state index contributed by atoms with van der Waals surface area (Å²) in [5, 5.41) is 9.87. The number of amides is 2. The first kappa shape index (κ1) is 17.9. The van der Waals surface area contributed by atoms with Gasteiger partial charge in [0.05, 0.1) is 31.2 Å². The number of rotatable bonds is 5. The molecule has 3 aromatic heterocycles. The van der Waals surface area contributed by atoms with Crippen molar-refractivity contribution in [3.8, 4) is 11.8 Å². The van der Waals surface area contributed by atoms with Crippen molar-refractivity contribution in [2.45, 2.75) is 18.6 Å². The summed E-state index contributed by atoms with van der Waals surface area (Å²) in [5.41, 5.74) is 1.42.